The molecule has 0 radical (unpaired) electrons. The fraction of sp³-hybridized carbons (Fsp3) is 0.750. The third-order valence-corrected chi connectivity index (χ3v) is 0.598. The van der Waals surface area contributed by atoms with E-state index in [4.69, 9.17) is 15.9 Å². The van der Waals surface area contributed by atoms with Gasteiger partial charge in [0.05, 0.1) is 6.54 Å². The average molecular weight is 134 g/mol. The zero-order valence-electron chi connectivity index (χ0n) is 5.09. The first-order chi connectivity index (χ1) is 3.92. The summed E-state index contributed by atoms with van der Waals surface area (Å²) >= 11 is 0. The number of rotatable bonds is 2. The highest BCUT2D eigenvalue weighted by atomic mass is 16.4. The maximum absolute atomic E-state index is 9.77. The van der Waals surface area contributed by atoms with E-state index in [9.17, 15) is 4.79 Å². The normalized spacial score (nSPS) is 16.3. The summed E-state index contributed by atoms with van der Waals surface area (Å²) in [6.07, 6.45) is -1.19. The third kappa shape index (κ3) is 7.19. The van der Waals surface area contributed by atoms with Crippen molar-refractivity contribution in [3.05, 3.63) is 0 Å². The Morgan fingerprint density at radius 3 is 2.44 bits per heavy atom. The van der Waals surface area contributed by atoms with Crippen LogP contribution in [0, 0.1) is 0 Å². The number of hydrogen-bond donors (Lipinski definition) is 4. The van der Waals surface area contributed by atoms with Gasteiger partial charge < -0.3 is 21.3 Å². The highest BCUT2D eigenvalue weighted by molar-refractivity contribution is 5.64. The predicted molar refractivity (Wildman–Crippen MR) is 30.8 cm³/mol. The lowest BCUT2D eigenvalue weighted by Gasteiger charge is -2.15. The van der Waals surface area contributed by atoms with E-state index < -0.39 is 11.8 Å². The number of hydrogen-bond acceptors (Lipinski definition) is 3. The zero-order chi connectivity index (χ0) is 7.49. The highest BCUT2D eigenvalue weighted by Gasteiger charge is 2.12. The molecule has 0 spiro atoms. The molecule has 0 fully saturated rings. The van der Waals surface area contributed by atoms with Crippen LogP contribution < -0.4 is 11.1 Å². The second-order valence-electron chi connectivity index (χ2n) is 2.02. The van der Waals surface area contributed by atoms with Crippen LogP contribution >= 0.6 is 0 Å². The second kappa shape index (κ2) is 2.65. The highest BCUT2D eigenvalue weighted by Crippen LogP contribution is 1.86. The molecule has 5 heteroatoms. The molecule has 0 saturated heterocycles. The van der Waals surface area contributed by atoms with Gasteiger partial charge in [-0.2, -0.15) is 0 Å². The Bertz CT molecular complexity index is 107. The number of nitrogens with one attached hydrogen (secondary N) is 1. The predicted octanol–water partition coefficient (Wildman–Crippen LogP) is -1.08. The summed E-state index contributed by atoms with van der Waals surface area (Å²) in [6, 6.07) is 0. The van der Waals surface area contributed by atoms with Crippen LogP contribution in [0.2, 0.25) is 0 Å². The lowest BCUT2D eigenvalue weighted by Crippen LogP contribution is -2.47. The van der Waals surface area contributed by atoms with Crippen LogP contribution in [-0.4, -0.2) is 28.6 Å². The van der Waals surface area contributed by atoms with Gasteiger partial charge in [0.1, 0.15) is 5.72 Å². The van der Waals surface area contributed by atoms with E-state index in [0.717, 1.165) is 0 Å². The Morgan fingerprint density at radius 1 is 1.89 bits per heavy atom. The minimum atomic E-state index is -1.46. The van der Waals surface area contributed by atoms with Gasteiger partial charge in [-0.15, -0.1) is 0 Å². The Labute approximate surface area is 52.5 Å². The number of carboxylic acid groups (broad SMARTS) is 1. The maximum atomic E-state index is 9.77. The maximum Gasteiger partial charge on any atom is 0.404 e. The van der Waals surface area contributed by atoms with E-state index in [2.05, 4.69) is 0 Å². The monoisotopic (exact) mass is 134 g/mol. The first kappa shape index (κ1) is 8.19. The van der Waals surface area contributed by atoms with Gasteiger partial charge in [0.2, 0.25) is 0 Å². The van der Waals surface area contributed by atoms with Crippen molar-refractivity contribution in [2.24, 2.45) is 5.73 Å². The van der Waals surface area contributed by atoms with Crippen molar-refractivity contribution >= 4 is 6.09 Å². The summed E-state index contributed by atoms with van der Waals surface area (Å²) in [6.45, 7) is 1.14. The molecule has 1 amide bonds. The molecule has 0 aliphatic rings. The molecule has 0 aromatic carbocycles. The fourth-order valence-corrected chi connectivity index (χ4v) is 0.255. The van der Waals surface area contributed by atoms with Crippen LogP contribution in [0.15, 0.2) is 0 Å². The van der Waals surface area contributed by atoms with Crippen LogP contribution in [0.5, 0.6) is 0 Å². The lowest BCUT2D eigenvalue weighted by molar-refractivity contribution is 0.0661. The molecule has 0 aromatic heterocycles. The summed E-state index contributed by atoms with van der Waals surface area (Å²) in [7, 11) is 0. The van der Waals surface area contributed by atoms with E-state index in [1.165, 1.54) is 6.92 Å². The lowest BCUT2D eigenvalue weighted by atomic mass is 10.3. The fourth-order valence-electron chi connectivity index (χ4n) is 0.255. The van der Waals surface area contributed by atoms with Crippen LogP contribution in [-0.2, 0) is 0 Å². The van der Waals surface area contributed by atoms with Crippen LogP contribution in [0.25, 0.3) is 0 Å². The molecule has 0 saturated carbocycles. The molecule has 1 atom stereocenters. The number of aliphatic hydroxyl groups is 1. The summed E-state index contributed by atoms with van der Waals surface area (Å²) in [5.41, 5.74) is 3.55. The van der Waals surface area contributed by atoms with Gasteiger partial charge in [-0.05, 0) is 6.92 Å². The van der Waals surface area contributed by atoms with Crippen LogP contribution in [0.4, 0.5) is 4.79 Å². The van der Waals surface area contributed by atoms with Crippen molar-refractivity contribution in [3.8, 4) is 0 Å². The van der Waals surface area contributed by atoms with Gasteiger partial charge in [0, 0.05) is 0 Å². The topological polar surface area (TPSA) is 95.6 Å². The minimum absolute atomic E-state index is 0.164. The molecule has 0 aliphatic carbocycles. The summed E-state index contributed by atoms with van der Waals surface area (Å²) in [5.74, 6) is 0. The van der Waals surface area contributed by atoms with Gasteiger partial charge in [-0.25, -0.2) is 4.79 Å². The standard InChI is InChI=1S/C4H10N2O3/c1-4(5,9)2-6-3(7)8/h6,9H,2,5H2,1H3,(H,7,8). The largest absolute Gasteiger partial charge is 0.465 e. The Balaban J connectivity index is 3.39. The van der Waals surface area contributed by atoms with Gasteiger partial charge in [0.25, 0.3) is 0 Å². The van der Waals surface area contributed by atoms with E-state index in [1.54, 1.807) is 0 Å². The Hall–Kier alpha value is -0.810. The van der Waals surface area contributed by atoms with Gasteiger partial charge in [0.15, 0.2) is 0 Å². The van der Waals surface area contributed by atoms with Crippen molar-refractivity contribution in [1.29, 1.82) is 0 Å². The molecule has 0 aromatic rings. The number of nitrogens with two attached hydrogens (primary N) is 1. The van der Waals surface area contributed by atoms with Crippen LogP contribution in [0.3, 0.4) is 0 Å². The second-order valence-corrected chi connectivity index (χ2v) is 2.02. The summed E-state index contributed by atoms with van der Waals surface area (Å²) < 4.78 is 0. The number of amides is 1. The molecule has 54 valence electrons. The SMILES string of the molecule is CC(N)(O)CNC(=O)O. The molecule has 1 unspecified atom stereocenters. The van der Waals surface area contributed by atoms with Crippen molar-refractivity contribution in [3.63, 3.8) is 0 Å². The van der Waals surface area contributed by atoms with Crippen molar-refractivity contribution in [2.75, 3.05) is 6.54 Å². The molecule has 9 heavy (non-hydrogen) atoms. The van der Waals surface area contributed by atoms with Crippen molar-refractivity contribution in [2.45, 2.75) is 12.6 Å². The summed E-state index contributed by atoms with van der Waals surface area (Å²) in [5, 5.41) is 18.6. The number of carbonyl (C=O) groups is 1. The average Bonchev–Trinajstić information content (AvgIpc) is 1.59. The zero-order valence-corrected chi connectivity index (χ0v) is 5.09. The molecular weight excluding hydrogens is 124 g/mol. The quantitative estimate of drug-likeness (QED) is 0.361. The van der Waals surface area contributed by atoms with E-state index in [0.29, 0.717) is 0 Å². The molecule has 0 bridgehead atoms. The van der Waals surface area contributed by atoms with E-state index in [-0.39, 0.29) is 6.54 Å². The molecular formula is C4H10N2O3. The molecule has 5 N–H and O–H groups in total. The Morgan fingerprint density at radius 2 is 2.33 bits per heavy atom. The summed E-state index contributed by atoms with van der Waals surface area (Å²) in [4.78, 5) is 9.77. The van der Waals surface area contributed by atoms with Crippen LogP contribution in [0.1, 0.15) is 6.92 Å². The van der Waals surface area contributed by atoms with Gasteiger partial charge in [-0.1, -0.05) is 0 Å². The smallest absolute Gasteiger partial charge is 0.404 e. The van der Waals surface area contributed by atoms with Crippen molar-refractivity contribution < 1.29 is 15.0 Å². The van der Waals surface area contributed by atoms with E-state index >= 15 is 0 Å². The van der Waals surface area contributed by atoms with Gasteiger partial charge >= 0.3 is 6.09 Å². The first-order valence-corrected chi connectivity index (χ1v) is 2.40. The Kier molecular flexibility index (Phi) is 2.41. The first-order valence-electron chi connectivity index (χ1n) is 2.40. The van der Waals surface area contributed by atoms with Crippen molar-refractivity contribution in [1.82, 2.24) is 5.32 Å². The van der Waals surface area contributed by atoms with E-state index in [1.807, 2.05) is 5.32 Å². The third-order valence-electron chi connectivity index (χ3n) is 0.598. The molecule has 0 aliphatic heterocycles. The minimum Gasteiger partial charge on any atom is -0.465 e. The van der Waals surface area contributed by atoms with Gasteiger partial charge in [-0.3, -0.25) is 0 Å². The molecule has 0 rings (SSSR count). The molecule has 0 heterocycles. The molecule has 5 nitrogen and oxygen atoms in total.